The number of halogens is 3. The van der Waals surface area contributed by atoms with E-state index in [4.69, 9.17) is 20.4 Å². The van der Waals surface area contributed by atoms with Crippen molar-refractivity contribution in [2.45, 2.75) is 70.1 Å². The Morgan fingerprint density at radius 3 is 2.00 bits per heavy atom. The fraction of sp³-hybridized carbons (Fsp3) is 0.400. The maximum Gasteiger partial charge on any atom is 0.490 e. The number of thiazole rings is 1. The minimum absolute atomic E-state index is 0.0249. The summed E-state index contributed by atoms with van der Waals surface area (Å²) < 4.78 is 37.1. The molecule has 0 spiro atoms. The number of nitrogens with one attached hydrogen (secondary N) is 2. The van der Waals surface area contributed by atoms with Crippen molar-refractivity contribution in [3.63, 3.8) is 0 Å². The zero-order chi connectivity index (χ0) is 32.7. The van der Waals surface area contributed by atoms with Gasteiger partial charge in [0.05, 0.1) is 28.6 Å². The summed E-state index contributed by atoms with van der Waals surface area (Å²) in [5.74, 6) is -3.05. The first-order valence-corrected chi connectivity index (χ1v) is 14.6. The first-order chi connectivity index (χ1) is 20.8. The van der Waals surface area contributed by atoms with Crippen LogP contribution in [0.25, 0.3) is 0 Å². The number of aliphatic hydroxyl groups is 1. The third-order valence-corrected chi connectivity index (χ3v) is 7.11. The molecule has 10 nitrogen and oxygen atoms in total. The first-order valence-electron chi connectivity index (χ1n) is 13.7. The van der Waals surface area contributed by atoms with Crippen LogP contribution in [0.15, 0.2) is 72.4 Å². The Balaban J connectivity index is 0.000000860. The maximum atomic E-state index is 12.8. The van der Waals surface area contributed by atoms with Crippen LogP contribution in [-0.4, -0.2) is 63.6 Å². The van der Waals surface area contributed by atoms with Gasteiger partial charge in [-0.25, -0.2) is 9.59 Å². The van der Waals surface area contributed by atoms with Gasteiger partial charge in [0.2, 0.25) is 5.91 Å². The number of aromatic nitrogens is 1. The summed E-state index contributed by atoms with van der Waals surface area (Å²) in [6.45, 7) is 3.89. The number of hydrogen-bond donors (Lipinski definition) is 5. The van der Waals surface area contributed by atoms with Gasteiger partial charge in [0.25, 0.3) is 0 Å². The van der Waals surface area contributed by atoms with Gasteiger partial charge in [-0.1, -0.05) is 74.5 Å². The van der Waals surface area contributed by atoms with Crippen LogP contribution in [0.5, 0.6) is 0 Å². The Kier molecular flexibility index (Phi) is 14.8. The number of aliphatic carboxylic acids is 1. The normalized spacial score (nSPS) is 13.9. The van der Waals surface area contributed by atoms with Crippen LogP contribution in [0.4, 0.5) is 18.0 Å². The fourth-order valence-corrected chi connectivity index (χ4v) is 4.45. The number of benzene rings is 2. The number of rotatable bonds is 13. The quantitative estimate of drug-likeness (QED) is 0.187. The Morgan fingerprint density at radius 2 is 1.52 bits per heavy atom. The predicted molar refractivity (Wildman–Crippen MR) is 159 cm³/mol. The zero-order valence-corrected chi connectivity index (χ0v) is 25.1. The molecule has 0 aliphatic rings. The average Bonchev–Trinajstić information content (AvgIpc) is 3.50. The van der Waals surface area contributed by atoms with Crippen molar-refractivity contribution in [1.82, 2.24) is 15.6 Å². The number of carbonyl (C=O) groups excluding carboxylic acids is 2. The number of carbonyl (C=O) groups is 3. The lowest BCUT2D eigenvalue weighted by molar-refractivity contribution is -0.192. The highest BCUT2D eigenvalue weighted by Gasteiger charge is 2.38. The molecule has 1 heterocycles. The molecular formula is C30H37F3N4O6S. The number of ether oxygens (including phenoxy) is 1. The molecule has 240 valence electrons. The molecule has 0 saturated carbocycles. The van der Waals surface area contributed by atoms with E-state index in [0.29, 0.717) is 12.8 Å². The van der Waals surface area contributed by atoms with Crippen molar-refractivity contribution in [3.05, 3.63) is 88.4 Å². The van der Waals surface area contributed by atoms with Gasteiger partial charge in [0.1, 0.15) is 6.61 Å². The molecule has 0 fully saturated rings. The molecule has 6 N–H and O–H groups in total. The van der Waals surface area contributed by atoms with Crippen LogP contribution in [0.3, 0.4) is 0 Å². The number of hydrogen-bond acceptors (Lipinski definition) is 8. The summed E-state index contributed by atoms with van der Waals surface area (Å²) in [5.41, 5.74) is 9.73. The largest absolute Gasteiger partial charge is 0.490 e. The molecule has 0 aliphatic carbocycles. The van der Waals surface area contributed by atoms with Gasteiger partial charge in [0.15, 0.2) is 0 Å². The topological polar surface area (TPSA) is 164 Å². The molecular weight excluding hydrogens is 601 g/mol. The van der Waals surface area contributed by atoms with Crippen molar-refractivity contribution >= 4 is 29.3 Å². The van der Waals surface area contributed by atoms with Crippen LogP contribution in [0.2, 0.25) is 0 Å². The lowest BCUT2D eigenvalue weighted by Gasteiger charge is -2.29. The molecule has 4 atom stereocenters. The molecule has 0 radical (unpaired) electrons. The molecule has 3 rings (SSSR count). The van der Waals surface area contributed by atoms with E-state index >= 15 is 0 Å². The summed E-state index contributed by atoms with van der Waals surface area (Å²) in [7, 11) is 0. The lowest BCUT2D eigenvalue weighted by atomic mass is 9.93. The second kappa shape index (κ2) is 18.0. The summed E-state index contributed by atoms with van der Waals surface area (Å²) in [4.78, 5) is 39.1. The SMILES string of the molecule is CC(C)[C@H](N)C(=O)N[C@@H](Cc1ccccc1)C[C@H](O)[C@H](Cc1ccccc1)NC(=O)OCc1cncs1.O=C(O)C(F)(F)F. The standard InChI is InChI=1S/C28H36N4O4S.C2HF3O2/c1-19(2)26(29)27(34)31-22(13-20-9-5-3-6-10-20)15-25(33)24(14-21-11-7-4-8-12-21)32-28(35)36-17-23-16-30-18-37-23;3-2(4,5)1(6)7/h3-12,16,18-19,22,24-26,33H,13-15,17,29H2,1-2H3,(H,31,34)(H,32,35);(H,6,7)/t22-,24-,25-,26-;/m0./s1. The first kappa shape index (κ1) is 36.2. The molecule has 3 aromatic rings. The van der Waals surface area contributed by atoms with Crippen LogP contribution < -0.4 is 16.4 Å². The second-order valence-corrected chi connectivity index (χ2v) is 11.2. The third-order valence-electron chi connectivity index (χ3n) is 6.36. The second-order valence-electron chi connectivity index (χ2n) is 10.3. The van der Waals surface area contributed by atoms with Gasteiger partial charge < -0.3 is 31.3 Å². The van der Waals surface area contributed by atoms with Gasteiger partial charge >= 0.3 is 18.2 Å². The number of carboxylic acids is 1. The number of amides is 2. The minimum atomic E-state index is -5.08. The van der Waals surface area contributed by atoms with Crippen LogP contribution in [0, 0.1) is 5.92 Å². The van der Waals surface area contributed by atoms with E-state index < -0.39 is 36.4 Å². The minimum Gasteiger partial charge on any atom is -0.475 e. The Morgan fingerprint density at radius 1 is 0.977 bits per heavy atom. The third kappa shape index (κ3) is 13.5. The molecule has 0 unspecified atom stereocenters. The molecule has 2 aromatic carbocycles. The van der Waals surface area contributed by atoms with Crippen LogP contribution >= 0.6 is 11.3 Å². The number of alkyl halides is 3. The molecule has 0 aliphatic heterocycles. The monoisotopic (exact) mass is 638 g/mol. The summed E-state index contributed by atoms with van der Waals surface area (Å²) >= 11 is 1.40. The number of alkyl carbamates (subject to hydrolysis) is 1. The molecule has 2 amide bonds. The molecule has 44 heavy (non-hydrogen) atoms. The van der Waals surface area contributed by atoms with E-state index in [1.165, 1.54) is 11.3 Å². The smallest absolute Gasteiger partial charge is 0.475 e. The maximum absolute atomic E-state index is 12.8. The van der Waals surface area contributed by atoms with Gasteiger partial charge in [-0.3, -0.25) is 9.78 Å². The highest BCUT2D eigenvalue weighted by Crippen LogP contribution is 2.16. The number of nitrogens with zero attached hydrogens (tertiary/aromatic N) is 1. The van der Waals surface area contributed by atoms with Crippen molar-refractivity contribution < 1.29 is 42.5 Å². The van der Waals surface area contributed by atoms with E-state index in [-0.39, 0.29) is 30.9 Å². The summed E-state index contributed by atoms with van der Waals surface area (Å²) in [5, 5.41) is 24.3. The molecule has 0 bridgehead atoms. The van der Waals surface area contributed by atoms with E-state index in [2.05, 4.69) is 15.6 Å². The highest BCUT2D eigenvalue weighted by atomic mass is 32.1. The number of carboxylic acid groups (broad SMARTS) is 1. The zero-order valence-electron chi connectivity index (χ0n) is 24.2. The fourth-order valence-electron chi connectivity index (χ4n) is 3.94. The molecule has 14 heteroatoms. The van der Waals surface area contributed by atoms with Crippen LogP contribution in [0.1, 0.15) is 36.3 Å². The van der Waals surface area contributed by atoms with Crippen molar-refractivity contribution in [3.8, 4) is 0 Å². The Labute approximate surface area is 257 Å². The predicted octanol–water partition coefficient (Wildman–Crippen LogP) is 4.08. The number of nitrogens with two attached hydrogens (primary N) is 1. The van der Waals surface area contributed by atoms with E-state index in [1.54, 1.807) is 11.7 Å². The van der Waals surface area contributed by atoms with Crippen molar-refractivity contribution in [2.75, 3.05) is 0 Å². The van der Waals surface area contributed by atoms with Gasteiger partial charge in [0, 0.05) is 12.2 Å². The van der Waals surface area contributed by atoms with E-state index in [0.717, 1.165) is 16.0 Å². The summed E-state index contributed by atoms with van der Waals surface area (Å²) in [6, 6.07) is 17.7. The van der Waals surface area contributed by atoms with Crippen molar-refractivity contribution in [1.29, 1.82) is 0 Å². The Hall–Kier alpha value is -4.01. The van der Waals surface area contributed by atoms with Crippen molar-refractivity contribution in [2.24, 2.45) is 11.7 Å². The van der Waals surface area contributed by atoms with E-state index in [9.17, 15) is 27.9 Å². The van der Waals surface area contributed by atoms with Gasteiger partial charge in [-0.2, -0.15) is 13.2 Å². The average molecular weight is 639 g/mol. The number of aliphatic hydroxyl groups excluding tert-OH is 1. The highest BCUT2D eigenvalue weighted by molar-refractivity contribution is 7.09. The summed E-state index contributed by atoms with van der Waals surface area (Å²) in [6.07, 6.45) is -3.89. The lowest BCUT2D eigenvalue weighted by Crippen LogP contribution is -2.52. The molecule has 1 aromatic heterocycles. The molecule has 0 saturated heterocycles. The van der Waals surface area contributed by atoms with E-state index in [1.807, 2.05) is 74.5 Å². The van der Waals surface area contributed by atoms with Crippen LogP contribution in [-0.2, 0) is 33.8 Å². The Bertz CT molecular complexity index is 1280. The van der Waals surface area contributed by atoms with Gasteiger partial charge in [-0.15, -0.1) is 11.3 Å². The van der Waals surface area contributed by atoms with Gasteiger partial charge in [-0.05, 0) is 36.3 Å².